The van der Waals surface area contributed by atoms with Crippen LogP contribution < -0.4 is 14.8 Å². The molecule has 0 saturated heterocycles. The first kappa shape index (κ1) is 15.8. The van der Waals surface area contributed by atoms with E-state index in [9.17, 15) is 4.79 Å². The molecule has 3 rings (SSSR count). The maximum absolute atomic E-state index is 12.0. The fourth-order valence-corrected chi connectivity index (χ4v) is 3.52. The molecule has 23 heavy (non-hydrogen) atoms. The second-order valence-electron chi connectivity index (χ2n) is 5.36. The minimum Gasteiger partial charge on any atom is -0.493 e. The molecule has 0 bridgehead atoms. The van der Waals surface area contributed by atoms with E-state index in [2.05, 4.69) is 22.2 Å². The van der Waals surface area contributed by atoms with Crippen LogP contribution in [0, 0.1) is 0 Å². The lowest BCUT2D eigenvalue weighted by atomic mass is 10.2. The van der Waals surface area contributed by atoms with Gasteiger partial charge in [-0.25, -0.2) is 4.98 Å². The number of para-hydroxylation sites is 2. The summed E-state index contributed by atoms with van der Waals surface area (Å²) in [6.07, 6.45) is 0.927. The number of carbonyl (C=O) groups is 1. The van der Waals surface area contributed by atoms with Gasteiger partial charge >= 0.3 is 0 Å². The topological polar surface area (TPSA) is 63.7 Å². The molecule has 7 heteroatoms. The molecular formula is C16H19N3O3S. The van der Waals surface area contributed by atoms with E-state index in [-0.39, 0.29) is 12.5 Å². The Labute approximate surface area is 139 Å². The van der Waals surface area contributed by atoms with Crippen LogP contribution in [0.15, 0.2) is 24.3 Å². The maximum atomic E-state index is 12.0. The van der Waals surface area contributed by atoms with Crippen LogP contribution in [0.4, 0.5) is 5.13 Å². The van der Waals surface area contributed by atoms with Crippen molar-refractivity contribution in [2.75, 3.05) is 32.6 Å². The number of rotatable bonds is 5. The summed E-state index contributed by atoms with van der Waals surface area (Å²) in [4.78, 5) is 20.0. The first-order valence-corrected chi connectivity index (χ1v) is 8.20. The molecule has 6 nitrogen and oxygen atoms in total. The van der Waals surface area contributed by atoms with Crippen LogP contribution in [-0.4, -0.2) is 43.1 Å². The zero-order chi connectivity index (χ0) is 16.2. The number of anilines is 1. The molecule has 0 fully saturated rings. The van der Waals surface area contributed by atoms with Gasteiger partial charge in [0.25, 0.3) is 5.91 Å². The Morgan fingerprint density at radius 3 is 2.96 bits per heavy atom. The van der Waals surface area contributed by atoms with E-state index in [0.717, 1.165) is 25.2 Å². The number of amides is 1. The number of carbonyl (C=O) groups excluding carboxylic acids is 1. The standard InChI is InChI=1S/C16H19N3O3S/c1-19-8-7-11-14(9-19)23-16(17-11)18-15(20)10-22-13-6-4-3-5-12(13)21-2/h3-6H,7-10H2,1-2H3,(H,17,18,20). The second kappa shape index (κ2) is 6.97. The number of hydrogen-bond acceptors (Lipinski definition) is 6. The van der Waals surface area contributed by atoms with Gasteiger partial charge in [-0.2, -0.15) is 0 Å². The lowest BCUT2D eigenvalue weighted by molar-refractivity contribution is -0.118. The predicted octanol–water partition coefficient (Wildman–Crippen LogP) is 2.16. The molecule has 2 aromatic rings. The van der Waals surface area contributed by atoms with Crippen molar-refractivity contribution in [3.8, 4) is 11.5 Å². The SMILES string of the molecule is COc1ccccc1OCC(=O)Nc1nc2c(s1)CN(C)CC2. The monoisotopic (exact) mass is 333 g/mol. The van der Waals surface area contributed by atoms with Crippen LogP contribution >= 0.6 is 11.3 Å². The number of aromatic nitrogens is 1. The summed E-state index contributed by atoms with van der Waals surface area (Å²) in [5.41, 5.74) is 1.09. The average molecular weight is 333 g/mol. The molecule has 1 aliphatic heterocycles. The molecule has 0 aliphatic carbocycles. The summed E-state index contributed by atoms with van der Waals surface area (Å²) in [5.74, 6) is 0.925. The van der Waals surface area contributed by atoms with E-state index >= 15 is 0 Å². The van der Waals surface area contributed by atoms with Crippen molar-refractivity contribution in [1.29, 1.82) is 0 Å². The van der Waals surface area contributed by atoms with Gasteiger partial charge in [-0.15, -0.1) is 11.3 Å². The van der Waals surface area contributed by atoms with Gasteiger partial charge in [0.2, 0.25) is 0 Å². The smallest absolute Gasteiger partial charge is 0.264 e. The number of nitrogens with one attached hydrogen (secondary N) is 1. The number of benzene rings is 1. The first-order chi connectivity index (χ1) is 11.2. The van der Waals surface area contributed by atoms with Crippen molar-refractivity contribution in [2.45, 2.75) is 13.0 Å². The van der Waals surface area contributed by atoms with E-state index < -0.39 is 0 Å². The van der Waals surface area contributed by atoms with E-state index in [1.165, 1.54) is 16.2 Å². The molecule has 1 N–H and O–H groups in total. The van der Waals surface area contributed by atoms with E-state index in [0.29, 0.717) is 16.6 Å². The van der Waals surface area contributed by atoms with Gasteiger partial charge in [0.05, 0.1) is 12.8 Å². The first-order valence-electron chi connectivity index (χ1n) is 7.38. The van der Waals surface area contributed by atoms with Gasteiger partial charge < -0.3 is 14.4 Å². The van der Waals surface area contributed by atoms with Crippen LogP contribution in [0.1, 0.15) is 10.6 Å². The summed E-state index contributed by atoms with van der Waals surface area (Å²) in [6.45, 7) is 1.81. The van der Waals surface area contributed by atoms with Crippen LogP contribution in [0.2, 0.25) is 0 Å². The maximum Gasteiger partial charge on any atom is 0.264 e. The summed E-state index contributed by atoms with van der Waals surface area (Å²) >= 11 is 1.53. The van der Waals surface area contributed by atoms with Crippen molar-refractivity contribution in [1.82, 2.24) is 9.88 Å². The minimum atomic E-state index is -0.227. The van der Waals surface area contributed by atoms with E-state index in [1.807, 2.05) is 12.1 Å². The Morgan fingerprint density at radius 2 is 2.17 bits per heavy atom. The van der Waals surface area contributed by atoms with Gasteiger partial charge in [0.1, 0.15) is 0 Å². The molecule has 1 amide bonds. The second-order valence-corrected chi connectivity index (χ2v) is 6.45. The predicted molar refractivity (Wildman–Crippen MR) is 89.3 cm³/mol. The summed E-state index contributed by atoms with van der Waals surface area (Å²) in [5, 5.41) is 3.44. The van der Waals surface area contributed by atoms with Gasteiger partial charge in [0.15, 0.2) is 23.2 Å². The van der Waals surface area contributed by atoms with Gasteiger partial charge in [-0.05, 0) is 19.2 Å². The molecule has 0 spiro atoms. The normalized spacial score (nSPS) is 14.2. The Balaban J connectivity index is 1.57. The van der Waals surface area contributed by atoms with Crippen molar-refractivity contribution in [3.05, 3.63) is 34.8 Å². The summed E-state index contributed by atoms with van der Waals surface area (Å²) < 4.78 is 10.7. The van der Waals surface area contributed by atoms with Crippen molar-refractivity contribution in [2.24, 2.45) is 0 Å². The lowest BCUT2D eigenvalue weighted by Crippen LogP contribution is -2.25. The summed E-state index contributed by atoms with van der Waals surface area (Å²) in [6, 6.07) is 7.24. The lowest BCUT2D eigenvalue weighted by Gasteiger charge is -2.20. The van der Waals surface area contributed by atoms with E-state index in [1.54, 1.807) is 19.2 Å². The highest BCUT2D eigenvalue weighted by atomic mass is 32.1. The molecule has 2 heterocycles. The minimum absolute atomic E-state index is 0.0788. The van der Waals surface area contributed by atoms with Crippen LogP contribution in [0.3, 0.4) is 0 Å². The molecule has 0 atom stereocenters. The highest BCUT2D eigenvalue weighted by Gasteiger charge is 2.19. The molecule has 0 saturated carbocycles. The van der Waals surface area contributed by atoms with Gasteiger partial charge in [0, 0.05) is 24.4 Å². The Hall–Kier alpha value is -2.12. The van der Waals surface area contributed by atoms with Crippen molar-refractivity contribution in [3.63, 3.8) is 0 Å². The Kier molecular flexibility index (Phi) is 4.78. The highest BCUT2D eigenvalue weighted by Crippen LogP contribution is 2.28. The number of thiazole rings is 1. The zero-order valence-electron chi connectivity index (χ0n) is 13.2. The third-order valence-corrected chi connectivity index (χ3v) is 4.59. The number of hydrogen-bond donors (Lipinski definition) is 1. The average Bonchev–Trinajstić information content (AvgIpc) is 2.94. The number of methoxy groups -OCH3 is 1. The Morgan fingerprint density at radius 1 is 1.39 bits per heavy atom. The third kappa shape index (κ3) is 3.80. The molecule has 1 aromatic carbocycles. The molecule has 0 unspecified atom stereocenters. The fourth-order valence-electron chi connectivity index (χ4n) is 2.41. The van der Waals surface area contributed by atoms with Crippen molar-refractivity contribution < 1.29 is 14.3 Å². The summed E-state index contributed by atoms with van der Waals surface area (Å²) in [7, 11) is 3.65. The molecular weight excluding hydrogens is 314 g/mol. The third-order valence-electron chi connectivity index (χ3n) is 3.60. The molecule has 122 valence electrons. The van der Waals surface area contributed by atoms with E-state index in [4.69, 9.17) is 9.47 Å². The molecule has 0 radical (unpaired) electrons. The number of likely N-dealkylation sites (N-methyl/N-ethyl adjacent to an activating group) is 1. The van der Waals surface area contributed by atoms with Crippen LogP contribution in [0.25, 0.3) is 0 Å². The van der Waals surface area contributed by atoms with Gasteiger partial charge in [-0.3, -0.25) is 10.1 Å². The largest absolute Gasteiger partial charge is 0.493 e. The molecule has 1 aromatic heterocycles. The highest BCUT2D eigenvalue weighted by molar-refractivity contribution is 7.15. The van der Waals surface area contributed by atoms with Crippen LogP contribution in [-0.2, 0) is 17.8 Å². The zero-order valence-corrected chi connectivity index (χ0v) is 14.0. The quantitative estimate of drug-likeness (QED) is 0.908. The Bertz CT molecular complexity index is 702. The number of fused-ring (bicyclic) bond motifs is 1. The number of ether oxygens (including phenoxy) is 2. The van der Waals surface area contributed by atoms with Gasteiger partial charge in [-0.1, -0.05) is 12.1 Å². The fraction of sp³-hybridized carbons (Fsp3) is 0.375. The van der Waals surface area contributed by atoms with Crippen molar-refractivity contribution >= 4 is 22.4 Å². The number of nitrogens with zero attached hydrogens (tertiary/aromatic N) is 2. The molecule has 1 aliphatic rings. The van der Waals surface area contributed by atoms with Crippen LogP contribution in [0.5, 0.6) is 11.5 Å².